The number of hydrogen-bond acceptors (Lipinski definition) is 5. The van der Waals surface area contributed by atoms with Crippen molar-refractivity contribution >= 4 is 40.1 Å². The molecule has 1 aliphatic carbocycles. The van der Waals surface area contributed by atoms with Crippen LogP contribution in [0.2, 0.25) is 0 Å². The summed E-state index contributed by atoms with van der Waals surface area (Å²) in [6, 6.07) is 13.5. The van der Waals surface area contributed by atoms with Gasteiger partial charge in [0.25, 0.3) is 5.91 Å². The Balaban J connectivity index is 1.64. The smallest absolute Gasteiger partial charge is 0.257 e. The van der Waals surface area contributed by atoms with Crippen molar-refractivity contribution in [3.05, 3.63) is 65.5 Å². The van der Waals surface area contributed by atoms with Gasteiger partial charge in [0.15, 0.2) is 5.65 Å². The van der Waals surface area contributed by atoms with Crippen molar-refractivity contribution in [2.75, 3.05) is 5.73 Å². The standard InChI is InChI=1S/C23H21FN6O/c24-15-11-9-14(10-12-15)13-26-30-21(25)19(23(31)27-16-5-1-2-6-16)20-22(30)29-18-8-4-3-7-17(18)28-20/h3-4,7-13,16H,1-2,5-6,25H2,(H,27,31)/b26-13-. The van der Waals surface area contributed by atoms with Crippen LogP contribution in [0, 0.1) is 5.82 Å². The highest BCUT2D eigenvalue weighted by atomic mass is 19.1. The van der Waals surface area contributed by atoms with Crippen LogP contribution in [-0.2, 0) is 0 Å². The lowest BCUT2D eigenvalue weighted by Gasteiger charge is -2.11. The Hall–Kier alpha value is -3.81. The zero-order valence-corrected chi connectivity index (χ0v) is 16.8. The molecular weight excluding hydrogens is 395 g/mol. The number of benzene rings is 2. The summed E-state index contributed by atoms with van der Waals surface area (Å²) in [5, 5.41) is 7.51. The molecule has 7 nitrogen and oxygen atoms in total. The summed E-state index contributed by atoms with van der Waals surface area (Å²) in [4.78, 5) is 22.5. The number of nitrogens with zero attached hydrogens (tertiary/aromatic N) is 4. The fourth-order valence-electron chi connectivity index (χ4n) is 3.99. The highest BCUT2D eigenvalue weighted by Gasteiger charge is 2.26. The maximum Gasteiger partial charge on any atom is 0.257 e. The van der Waals surface area contributed by atoms with E-state index in [2.05, 4.69) is 20.4 Å². The Bertz CT molecular complexity index is 1310. The molecule has 0 bridgehead atoms. The lowest BCUT2D eigenvalue weighted by atomic mass is 10.2. The van der Waals surface area contributed by atoms with Crippen LogP contribution in [0.25, 0.3) is 22.2 Å². The van der Waals surface area contributed by atoms with Crippen LogP contribution in [0.1, 0.15) is 41.6 Å². The molecule has 156 valence electrons. The van der Waals surface area contributed by atoms with Gasteiger partial charge in [0, 0.05) is 6.04 Å². The van der Waals surface area contributed by atoms with Crippen LogP contribution in [0.4, 0.5) is 10.2 Å². The van der Waals surface area contributed by atoms with Gasteiger partial charge in [-0.15, -0.1) is 0 Å². The van der Waals surface area contributed by atoms with Gasteiger partial charge in [-0.1, -0.05) is 37.1 Å². The van der Waals surface area contributed by atoms with Crippen LogP contribution in [0.5, 0.6) is 0 Å². The van der Waals surface area contributed by atoms with E-state index in [1.54, 1.807) is 18.3 Å². The number of aromatic nitrogens is 3. The topological polar surface area (TPSA) is 98.2 Å². The molecule has 1 fully saturated rings. The molecule has 2 heterocycles. The summed E-state index contributed by atoms with van der Waals surface area (Å²) in [6.07, 6.45) is 5.68. The minimum Gasteiger partial charge on any atom is -0.383 e. The van der Waals surface area contributed by atoms with Crippen molar-refractivity contribution < 1.29 is 9.18 Å². The van der Waals surface area contributed by atoms with Gasteiger partial charge in [-0.25, -0.2) is 14.4 Å². The first kappa shape index (κ1) is 19.2. The number of rotatable bonds is 4. The third-order valence-electron chi connectivity index (χ3n) is 5.58. The molecule has 0 aliphatic heterocycles. The van der Waals surface area contributed by atoms with E-state index in [9.17, 15) is 9.18 Å². The van der Waals surface area contributed by atoms with E-state index >= 15 is 0 Å². The average molecular weight is 416 g/mol. The van der Waals surface area contributed by atoms with E-state index in [0.717, 1.165) is 25.7 Å². The first-order chi connectivity index (χ1) is 15.1. The van der Waals surface area contributed by atoms with Crippen molar-refractivity contribution in [3.8, 4) is 0 Å². The predicted octanol–water partition coefficient (Wildman–Crippen LogP) is 3.86. The number of nitrogens with one attached hydrogen (secondary N) is 1. The Kier molecular flexibility index (Phi) is 4.82. The number of anilines is 1. The van der Waals surface area contributed by atoms with Crippen molar-refractivity contribution in [3.63, 3.8) is 0 Å². The SMILES string of the molecule is Nc1c(C(=O)NC2CCCC2)c2nc3ccccc3nc2n1/N=C\c1ccc(F)cc1. The quantitative estimate of drug-likeness (QED) is 0.494. The normalized spacial score (nSPS) is 14.7. The van der Waals surface area contributed by atoms with E-state index < -0.39 is 0 Å². The Labute approximate surface area is 177 Å². The second-order valence-electron chi connectivity index (χ2n) is 7.71. The van der Waals surface area contributed by atoms with Gasteiger partial charge in [0.2, 0.25) is 0 Å². The van der Waals surface area contributed by atoms with Gasteiger partial charge in [0.1, 0.15) is 22.7 Å². The van der Waals surface area contributed by atoms with Gasteiger partial charge >= 0.3 is 0 Å². The van der Waals surface area contributed by atoms with E-state index in [0.29, 0.717) is 27.8 Å². The highest BCUT2D eigenvalue weighted by Crippen LogP contribution is 2.28. The van der Waals surface area contributed by atoms with Gasteiger partial charge < -0.3 is 11.1 Å². The minimum atomic E-state index is -0.328. The molecule has 3 N–H and O–H groups in total. The monoisotopic (exact) mass is 416 g/mol. The zero-order chi connectivity index (χ0) is 21.4. The Morgan fingerprint density at radius 2 is 1.77 bits per heavy atom. The number of halogens is 1. The molecule has 0 saturated heterocycles. The van der Waals surface area contributed by atoms with E-state index in [1.165, 1.54) is 16.8 Å². The lowest BCUT2D eigenvalue weighted by Crippen LogP contribution is -2.33. The largest absolute Gasteiger partial charge is 0.383 e. The van der Waals surface area contributed by atoms with Crippen molar-refractivity contribution in [2.24, 2.45) is 5.10 Å². The van der Waals surface area contributed by atoms with E-state index in [1.807, 2.05) is 24.3 Å². The minimum absolute atomic E-state index is 0.140. The molecule has 2 aromatic carbocycles. The van der Waals surface area contributed by atoms with Crippen LogP contribution < -0.4 is 11.1 Å². The Morgan fingerprint density at radius 1 is 1.10 bits per heavy atom. The van der Waals surface area contributed by atoms with Crippen molar-refractivity contribution in [1.29, 1.82) is 0 Å². The van der Waals surface area contributed by atoms with E-state index in [-0.39, 0.29) is 29.1 Å². The van der Waals surface area contributed by atoms with Crippen molar-refractivity contribution in [1.82, 2.24) is 20.0 Å². The van der Waals surface area contributed by atoms with Gasteiger partial charge in [0.05, 0.1) is 17.2 Å². The molecule has 8 heteroatoms. The molecular formula is C23H21FN6O. The molecule has 1 aliphatic rings. The third kappa shape index (κ3) is 3.61. The number of fused-ring (bicyclic) bond motifs is 2. The molecule has 0 unspecified atom stereocenters. The first-order valence-electron chi connectivity index (χ1n) is 10.3. The predicted molar refractivity (Wildman–Crippen MR) is 119 cm³/mol. The molecule has 0 spiro atoms. The molecule has 2 aromatic heterocycles. The fraction of sp³-hybridized carbons (Fsp3) is 0.217. The fourth-order valence-corrected chi connectivity index (χ4v) is 3.99. The third-order valence-corrected chi connectivity index (χ3v) is 5.58. The zero-order valence-electron chi connectivity index (χ0n) is 16.8. The number of para-hydroxylation sites is 2. The molecule has 5 rings (SSSR count). The summed E-state index contributed by atoms with van der Waals surface area (Å²) >= 11 is 0. The molecule has 1 amide bonds. The summed E-state index contributed by atoms with van der Waals surface area (Å²) < 4.78 is 14.6. The highest BCUT2D eigenvalue weighted by molar-refractivity contribution is 6.10. The molecule has 0 atom stereocenters. The lowest BCUT2D eigenvalue weighted by molar-refractivity contribution is 0.0940. The Morgan fingerprint density at radius 3 is 2.48 bits per heavy atom. The summed E-state index contributed by atoms with van der Waals surface area (Å²) in [5.41, 5.74) is 9.50. The number of hydrogen-bond donors (Lipinski definition) is 2. The maximum atomic E-state index is 13.2. The maximum absolute atomic E-state index is 13.2. The van der Waals surface area contributed by atoms with E-state index in [4.69, 9.17) is 5.73 Å². The van der Waals surface area contributed by atoms with Crippen LogP contribution in [0.3, 0.4) is 0 Å². The number of carbonyl (C=O) groups excluding carboxylic acids is 1. The molecule has 4 aromatic rings. The number of carbonyl (C=O) groups is 1. The number of amides is 1. The first-order valence-corrected chi connectivity index (χ1v) is 10.3. The van der Waals surface area contributed by atoms with Crippen molar-refractivity contribution in [2.45, 2.75) is 31.7 Å². The second-order valence-corrected chi connectivity index (χ2v) is 7.71. The van der Waals surface area contributed by atoms with Gasteiger partial charge in [-0.3, -0.25) is 4.79 Å². The molecule has 0 radical (unpaired) electrons. The number of nitrogens with two attached hydrogens (primary N) is 1. The van der Waals surface area contributed by atoms with Crippen LogP contribution in [0.15, 0.2) is 53.6 Å². The summed E-state index contributed by atoms with van der Waals surface area (Å²) in [6.45, 7) is 0. The molecule has 1 saturated carbocycles. The summed E-state index contributed by atoms with van der Waals surface area (Å²) in [7, 11) is 0. The molecule has 31 heavy (non-hydrogen) atoms. The second kappa shape index (κ2) is 7.79. The number of nitrogen functional groups attached to an aromatic ring is 1. The summed E-state index contributed by atoms with van der Waals surface area (Å²) in [5.74, 6) is -0.430. The van der Waals surface area contributed by atoms with Crippen LogP contribution >= 0.6 is 0 Å². The van der Waals surface area contributed by atoms with Gasteiger partial charge in [-0.05, 0) is 42.7 Å². The van der Waals surface area contributed by atoms with Gasteiger partial charge in [-0.2, -0.15) is 9.78 Å². The van der Waals surface area contributed by atoms with Crippen LogP contribution in [-0.4, -0.2) is 32.8 Å². The average Bonchev–Trinajstić information content (AvgIpc) is 3.37.